The first-order valence-electron chi connectivity index (χ1n) is 8.83. The molecule has 1 heterocycles. The first-order valence-corrected chi connectivity index (χ1v) is 8.83. The minimum absolute atomic E-state index is 0.231. The second kappa shape index (κ2) is 8.54. The van der Waals surface area contributed by atoms with E-state index in [1.165, 1.54) is 37.2 Å². The molecule has 0 saturated carbocycles. The lowest BCUT2D eigenvalue weighted by Crippen LogP contribution is -2.33. The van der Waals surface area contributed by atoms with Gasteiger partial charge in [0.05, 0.1) is 0 Å². The van der Waals surface area contributed by atoms with E-state index in [1.807, 2.05) is 0 Å². The molecule has 2 rings (SSSR count). The summed E-state index contributed by atoms with van der Waals surface area (Å²) in [6, 6.07) is 9.09. The van der Waals surface area contributed by atoms with Crippen molar-refractivity contribution in [2.75, 3.05) is 25.0 Å². The van der Waals surface area contributed by atoms with Crippen LogP contribution in [0.1, 0.15) is 45.6 Å². The maximum absolute atomic E-state index is 6.12. The highest BCUT2D eigenvalue weighted by Crippen LogP contribution is 2.18. The average molecular weight is 303 g/mol. The molecule has 1 aromatic rings. The zero-order valence-corrected chi connectivity index (χ0v) is 14.5. The molecule has 1 aliphatic rings. The monoisotopic (exact) mass is 303 g/mol. The van der Waals surface area contributed by atoms with Crippen LogP contribution in [0.4, 0.5) is 5.69 Å². The molecule has 1 fully saturated rings. The van der Waals surface area contributed by atoms with Gasteiger partial charge in [-0.05, 0) is 55.3 Å². The van der Waals surface area contributed by atoms with Gasteiger partial charge in [-0.1, -0.05) is 32.9 Å². The van der Waals surface area contributed by atoms with Gasteiger partial charge in [0.1, 0.15) is 0 Å². The Balaban J connectivity index is 1.77. The second-order valence-corrected chi connectivity index (χ2v) is 7.45. The van der Waals surface area contributed by atoms with Gasteiger partial charge in [0.15, 0.2) is 0 Å². The number of piperidine rings is 1. The molecule has 1 aromatic carbocycles. The summed E-state index contributed by atoms with van der Waals surface area (Å²) in [5.41, 5.74) is 8.70. The number of nitrogens with zero attached hydrogens (tertiary/aromatic N) is 1. The summed E-state index contributed by atoms with van der Waals surface area (Å²) in [5, 5.41) is 3.45. The van der Waals surface area contributed by atoms with Crippen LogP contribution in [0.25, 0.3) is 0 Å². The van der Waals surface area contributed by atoms with E-state index >= 15 is 0 Å². The van der Waals surface area contributed by atoms with Crippen LogP contribution in [0.3, 0.4) is 0 Å². The van der Waals surface area contributed by atoms with Crippen molar-refractivity contribution in [1.29, 1.82) is 0 Å². The van der Waals surface area contributed by atoms with Gasteiger partial charge in [0.25, 0.3) is 0 Å². The van der Waals surface area contributed by atoms with E-state index in [9.17, 15) is 0 Å². The summed E-state index contributed by atoms with van der Waals surface area (Å²) < 4.78 is 0. The topological polar surface area (TPSA) is 41.3 Å². The van der Waals surface area contributed by atoms with Gasteiger partial charge in [-0.15, -0.1) is 0 Å². The molecule has 0 bridgehead atoms. The molecule has 0 aromatic heterocycles. The van der Waals surface area contributed by atoms with Crippen molar-refractivity contribution in [3.8, 4) is 0 Å². The molecule has 0 radical (unpaired) electrons. The van der Waals surface area contributed by atoms with Gasteiger partial charge in [-0.2, -0.15) is 0 Å². The maximum Gasteiger partial charge on any atom is 0.0340 e. The van der Waals surface area contributed by atoms with Crippen LogP contribution >= 0.6 is 0 Å². The molecule has 0 spiro atoms. The number of benzene rings is 1. The van der Waals surface area contributed by atoms with Crippen LogP contribution in [0.15, 0.2) is 24.3 Å². The molecule has 1 aliphatic heterocycles. The highest BCUT2D eigenvalue weighted by atomic mass is 15.1. The molecule has 22 heavy (non-hydrogen) atoms. The van der Waals surface area contributed by atoms with Crippen molar-refractivity contribution in [1.82, 2.24) is 4.90 Å². The standard InChI is InChI=1S/C19H33N3/c1-15(2)11-18(20)12-21-19-8-6-17(7-9-19)14-22-10-4-5-16(3)13-22/h6-9,15-16,18,21H,4-5,10-14,20H2,1-3H3. The quantitative estimate of drug-likeness (QED) is 0.807. The van der Waals surface area contributed by atoms with Crippen molar-refractivity contribution < 1.29 is 0 Å². The lowest BCUT2D eigenvalue weighted by molar-refractivity contribution is 0.176. The molecule has 1 saturated heterocycles. The highest BCUT2D eigenvalue weighted by Gasteiger charge is 2.16. The molecule has 2 unspecified atom stereocenters. The largest absolute Gasteiger partial charge is 0.383 e. The van der Waals surface area contributed by atoms with E-state index < -0.39 is 0 Å². The third kappa shape index (κ3) is 5.98. The fourth-order valence-electron chi connectivity index (χ4n) is 3.35. The van der Waals surface area contributed by atoms with Crippen molar-refractivity contribution in [2.24, 2.45) is 17.6 Å². The van der Waals surface area contributed by atoms with Gasteiger partial charge < -0.3 is 11.1 Å². The molecule has 0 aliphatic carbocycles. The summed E-state index contributed by atoms with van der Waals surface area (Å²) in [7, 11) is 0. The predicted molar refractivity (Wildman–Crippen MR) is 96.0 cm³/mol. The third-order valence-electron chi connectivity index (χ3n) is 4.44. The van der Waals surface area contributed by atoms with Crippen molar-refractivity contribution in [3.63, 3.8) is 0 Å². The zero-order valence-electron chi connectivity index (χ0n) is 14.5. The summed E-state index contributed by atoms with van der Waals surface area (Å²) in [4.78, 5) is 2.58. The fraction of sp³-hybridized carbons (Fsp3) is 0.684. The molecule has 3 N–H and O–H groups in total. The van der Waals surface area contributed by atoms with Crippen LogP contribution in [0, 0.1) is 11.8 Å². The Kier molecular flexibility index (Phi) is 6.71. The minimum atomic E-state index is 0.231. The maximum atomic E-state index is 6.12. The number of rotatable bonds is 7. The highest BCUT2D eigenvalue weighted by molar-refractivity contribution is 5.44. The first kappa shape index (κ1) is 17.3. The summed E-state index contributed by atoms with van der Waals surface area (Å²) >= 11 is 0. The SMILES string of the molecule is CC(C)CC(N)CNc1ccc(CN2CCCC(C)C2)cc1. The van der Waals surface area contributed by atoms with E-state index in [-0.39, 0.29) is 6.04 Å². The number of hydrogen-bond acceptors (Lipinski definition) is 3. The van der Waals surface area contributed by atoms with Gasteiger partial charge >= 0.3 is 0 Å². The van der Waals surface area contributed by atoms with Crippen molar-refractivity contribution in [2.45, 2.75) is 52.6 Å². The van der Waals surface area contributed by atoms with Crippen LogP contribution in [-0.4, -0.2) is 30.6 Å². The molecule has 124 valence electrons. The zero-order chi connectivity index (χ0) is 15.9. The molecule has 3 heteroatoms. The van der Waals surface area contributed by atoms with Crippen LogP contribution in [0.5, 0.6) is 0 Å². The molecular formula is C19H33N3. The van der Waals surface area contributed by atoms with Gasteiger partial charge in [0, 0.05) is 31.4 Å². The molecule has 0 amide bonds. The predicted octanol–water partition coefficient (Wildman–Crippen LogP) is 3.70. The van der Waals surface area contributed by atoms with Crippen LogP contribution < -0.4 is 11.1 Å². The summed E-state index contributed by atoms with van der Waals surface area (Å²) in [6.45, 7) is 11.2. The summed E-state index contributed by atoms with van der Waals surface area (Å²) in [5.74, 6) is 1.50. The lowest BCUT2D eigenvalue weighted by Gasteiger charge is -2.30. The minimum Gasteiger partial charge on any atom is -0.383 e. The Morgan fingerprint density at radius 1 is 1.27 bits per heavy atom. The number of likely N-dealkylation sites (tertiary alicyclic amines) is 1. The number of anilines is 1. The van der Waals surface area contributed by atoms with E-state index in [2.05, 4.69) is 55.3 Å². The molecule has 3 nitrogen and oxygen atoms in total. The van der Waals surface area contributed by atoms with E-state index in [1.54, 1.807) is 0 Å². The van der Waals surface area contributed by atoms with Gasteiger partial charge in [-0.25, -0.2) is 0 Å². The van der Waals surface area contributed by atoms with Gasteiger partial charge in [0.2, 0.25) is 0 Å². The van der Waals surface area contributed by atoms with E-state index in [0.29, 0.717) is 5.92 Å². The van der Waals surface area contributed by atoms with Gasteiger partial charge in [-0.3, -0.25) is 4.90 Å². The Morgan fingerprint density at radius 2 is 2.00 bits per heavy atom. The normalized spacial score (nSPS) is 21.0. The Hall–Kier alpha value is -1.06. The van der Waals surface area contributed by atoms with E-state index in [4.69, 9.17) is 5.73 Å². The smallest absolute Gasteiger partial charge is 0.0340 e. The van der Waals surface area contributed by atoms with Crippen molar-refractivity contribution in [3.05, 3.63) is 29.8 Å². The molecule has 2 atom stereocenters. The number of nitrogens with one attached hydrogen (secondary N) is 1. The van der Waals surface area contributed by atoms with E-state index in [0.717, 1.165) is 25.4 Å². The van der Waals surface area contributed by atoms with Crippen LogP contribution in [0.2, 0.25) is 0 Å². The Bertz CT molecular complexity index is 427. The number of hydrogen-bond donors (Lipinski definition) is 2. The Labute approximate surface area is 136 Å². The molecular weight excluding hydrogens is 270 g/mol. The average Bonchev–Trinajstić information content (AvgIpc) is 2.46. The third-order valence-corrected chi connectivity index (χ3v) is 4.44. The van der Waals surface area contributed by atoms with Crippen LogP contribution in [-0.2, 0) is 6.54 Å². The lowest BCUT2D eigenvalue weighted by atomic mass is 10.00. The Morgan fingerprint density at radius 3 is 2.64 bits per heavy atom. The fourth-order valence-corrected chi connectivity index (χ4v) is 3.35. The van der Waals surface area contributed by atoms with Crippen molar-refractivity contribution >= 4 is 5.69 Å². The number of nitrogens with two attached hydrogens (primary N) is 1. The second-order valence-electron chi connectivity index (χ2n) is 7.45. The first-order chi connectivity index (χ1) is 10.5. The summed E-state index contributed by atoms with van der Waals surface area (Å²) in [6.07, 6.45) is 3.79.